The van der Waals surface area contributed by atoms with Crippen molar-refractivity contribution in [2.45, 2.75) is 32.6 Å². The number of halogens is 1. The van der Waals surface area contributed by atoms with Crippen LogP contribution in [0.1, 0.15) is 42.5 Å². The number of carbonyl (C=O) groups is 1. The zero-order valence-corrected chi connectivity index (χ0v) is 17.1. The van der Waals surface area contributed by atoms with Gasteiger partial charge in [0, 0.05) is 57.5 Å². The van der Waals surface area contributed by atoms with Crippen LogP contribution in [0.5, 0.6) is 0 Å². The molecule has 1 atom stereocenters. The van der Waals surface area contributed by atoms with Crippen LogP contribution in [0.25, 0.3) is 0 Å². The van der Waals surface area contributed by atoms with Gasteiger partial charge in [0.1, 0.15) is 17.5 Å². The Morgan fingerprint density at radius 3 is 2.60 bits per heavy atom. The third-order valence-electron chi connectivity index (χ3n) is 4.54. The molecule has 8 heteroatoms. The fourth-order valence-corrected chi connectivity index (χ4v) is 3.04. The summed E-state index contributed by atoms with van der Waals surface area (Å²) >= 11 is 0. The third-order valence-corrected chi connectivity index (χ3v) is 4.54. The van der Waals surface area contributed by atoms with Crippen molar-refractivity contribution in [1.29, 1.82) is 0 Å². The van der Waals surface area contributed by atoms with Crippen molar-refractivity contribution in [3.8, 4) is 0 Å². The van der Waals surface area contributed by atoms with Crippen LogP contribution in [0.15, 0.2) is 48.9 Å². The summed E-state index contributed by atoms with van der Waals surface area (Å²) in [6, 6.07) is 8.39. The molecule has 3 rings (SSSR count). The molecule has 156 valence electrons. The van der Waals surface area contributed by atoms with Gasteiger partial charge < -0.3 is 10.6 Å². The highest BCUT2D eigenvalue weighted by molar-refractivity contribution is 5.72. The minimum Gasteiger partial charge on any atom is -0.368 e. The fourth-order valence-electron chi connectivity index (χ4n) is 3.04. The molecule has 2 N–H and O–H groups in total. The lowest BCUT2D eigenvalue weighted by Gasteiger charge is -2.14. The van der Waals surface area contributed by atoms with Gasteiger partial charge in [-0.05, 0) is 23.6 Å². The highest BCUT2D eigenvalue weighted by atomic mass is 19.1. The summed E-state index contributed by atoms with van der Waals surface area (Å²) in [6.07, 6.45) is 6.15. The van der Waals surface area contributed by atoms with Gasteiger partial charge in [-0.3, -0.25) is 14.8 Å². The highest BCUT2D eigenvalue weighted by Gasteiger charge is 2.12. The van der Waals surface area contributed by atoms with Crippen molar-refractivity contribution in [2.24, 2.45) is 0 Å². The van der Waals surface area contributed by atoms with Crippen LogP contribution in [0.2, 0.25) is 0 Å². The van der Waals surface area contributed by atoms with Crippen molar-refractivity contribution < 1.29 is 9.18 Å². The maximum absolute atomic E-state index is 13.2. The van der Waals surface area contributed by atoms with Crippen molar-refractivity contribution in [1.82, 2.24) is 25.3 Å². The van der Waals surface area contributed by atoms with Gasteiger partial charge in [-0.15, -0.1) is 0 Å². The average Bonchev–Trinajstić information content (AvgIpc) is 2.72. The van der Waals surface area contributed by atoms with E-state index in [-0.39, 0.29) is 17.6 Å². The number of anilines is 1. The van der Waals surface area contributed by atoms with Gasteiger partial charge in [0.25, 0.3) is 0 Å². The standard InChI is InChI=1S/C22H25FN6O/c1-15(17-3-5-18(23)6-4-17)11-22-28-19(12-20-14-24-7-8-26-20)13-21(29-22)27-10-9-25-16(2)30/h3-8,13-15H,9-12H2,1-2H3,(H,25,30)(H,27,28,29)/t15-/m1/s1. The monoisotopic (exact) mass is 408 g/mol. The maximum Gasteiger partial charge on any atom is 0.216 e. The van der Waals surface area contributed by atoms with Gasteiger partial charge in [0.05, 0.1) is 11.4 Å². The number of aromatic nitrogens is 4. The zero-order chi connectivity index (χ0) is 21.3. The number of amides is 1. The Morgan fingerprint density at radius 2 is 1.90 bits per heavy atom. The van der Waals surface area contributed by atoms with E-state index in [9.17, 15) is 9.18 Å². The molecule has 1 aromatic carbocycles. The number of rotatable bonds is 9. The van der Waals surface area contributed by atoms with E-state index >= 15 is 0 Å². The number of benzene rings is 1. The van der Waals surface area contributed by atoms with Crippen LogP contribution in [0.4, 0.5) is 10.2 Å². The first kappa shape index (κ1) is 21.3. The summed E-state index contributed by atoms with van der Waals surface area (Å²) in [6.45, 7) is 4.60. The Hall–Kier alpha value is -3.42. The van der Waals surface area contributed by atoms with Crippen molar-refractivity contribution >= 4 is 11.7 Å². The van der Waals surface area contributed by atoms with Crippen LogP contribution in [-0.2, 0) is 17.6 Å². The summed E-state index contributed by atoms with van der Waals surface area (Å²) in [5.74, 6) is 1.19. The molecule has 0 aliphatic heterocycles. The molecule has 3 aromatic rings. The predicted octanol–water partition coefficient (Wildman–Crippen LogP) is 2.89. The van der Waals surface area contributed by atoms with Crippen LogP contribution in [-0.4, -0.2) is 38.9 Å². The second kappa shape index (κ2) is 10.4. The lowest BCUT2D eigenvalue weighted by atomic mass is 9.97. The van der Waals surface area contributed by atoms with Gasteiger partial charge in [-0.2, -0.15) is 0 Å². The molecular formula is C22H25FN6O. The highest BCUT2D eigenvalue weighted by Crippen LogP contribution is 2.21. The van der Waals surface area contributed by atoms with Crippen LogP contribution in [0.3, 0.4) is 0 Å². The summed E-state index contributed by atoms with van der Waals surface area (Å²) in [4.78, 5) is 28.8. The molecule has 0 aliphatic carbocycles. The molecular weight excluding hydrogens is 383 g/mol. The van der Waals surface area contributed by atoms with E-state index in [0.29, 0.717) is 37.6 Å². The summed E-state index contributed by atoms with van der Waals surface area (Å²) in [5, 5.41) is 5.98. The van der Waals surface area contributed by atoms with E-state index in [1.54, 1.807) is 30.7 Å². The maximum atomic E-state index is 13.2. The van der Waals surface area contributed by atoms with E-state index in [1.807, 2.05) is 6.07 Å². The topological polar surface area (TPSA) is 92.7 Å². The number of hydrogen-bond donors (Lipinski definition) is 2. The average molecular weight is 408 g/mol. The second-order valence-electron chi connectivity index (χ2n) is 7.10. The Bertz CT molecular complexity index is 965. The number of nitrogens with zero attached hydrogens (tertiary/aromatic N) is 4. The molecule has 0 spiro atoms. The van der Waals surface area contributed by atoms with E-state index in [1.165, 1.54) is 19.1 Å². The quantitative estimate of drug-likeness (QED) is 0.529. The van der Waals surface area contributed by atoms with E-state index in [4.69, 9.17) is 4.98 Å². The summed E-state index contributed by atoms with van der Waals surface area (Å²) in [5.41, 5.74) is 2.67. The fraction of sp³-hybridized carbons (Fsp3) is 0.318. The van der Waals surface area contributed by atoms with Crippen LogP contribution < -0.4 is 10.6 Å². The first-order valence-electron chi connectivity index (χ1n) is 9.85. The third kappa shape index (κ3) is 6.58. The van der Waals surface area contributed by atoms with E-state index in [0.717, 1.165) is 17.0 Å². The Kier molecular flexibility index (Phi) is 7.37. The molecule has 0 saturated heterocycles. The molecule has 2 aromatic heterocycles. The number of hydrogen-bond acceptors (Lipinski definition) is 6. The molecule has 0 saturated carbocycles. The summed E-state index contributed by atoms with van der Waals surface area (Å²) in [7, 11) is 0. The molecule has 7 nitrogen and oxygen atoms in total. The van der Waals surface area contributed by atoms with Crippen LogP contribution in [0, 0.1) is 5.82 Å². The van der Waals surface area contributed by atoms with Gasteiger partial charge in [0.2, 0.25) is 5.91 Å². The predicted molar refractivity (Wildman–Crippen MR) is 113 cm³/mol. The van der Waals surface area contributed by atoms with E-state index in [2.05, 4.69) is 32.5 Å². The minimum atomic E-state index is -0.251. The smallest absolute Gasteiger partial charge is 0.216 e. The zero-order valence-electron chi connectivity index (χ0n) is 17.1. The molecule has 0 fully saturated rings. The van der Waals surface area contributed by atoms with Crippen molar-refractivity contribution in [2.75, 3.05) is 18.4 Å². The molecule has 0 unspecified atom stereocenters. The van der Waals surface area contributed by atoms with Crippen molar-refractivity contribution in [3.63, 3.8) is 0 Å². The molecule has 0 radical (unpaired) electrons. The lowest BCUT2D eigenvalue weighted by molar-refractivity contribution is -0.118. The largest absolute Gasteiger partial charge is 0.368 e. The van der Waals surface area contributed by atoms with E-state index < -0.39 is 0 Å². The van der Waals surface area contributed by atoms with Gasteiger partial charge in [-0.25, -0.2) is 14.4 Å². The SMILES string of the molecule is CC(=O)NCCNc1cc(Cc2cnccn2)nc(C[C@@H](C)c2ccc(F)cc2)n1. The Balaban J connectivity index is 1.77. The van der Waals surface area contributed by atoms with Crippen molar-refractivity contribution in [3.05, 3.63) is 77.5 Å². The van der Waals surface area contributed by atoms with Gasteiger partial charge in [0.15, 0.2) is 0 Å². The Labute approximate surface area is 175 Å². The first-order chi connectivity index (χ1) is 14.5. The normalized spacial score (nSPS) is 11.7. The van der Waals surface area contributed by atoms with Gasteiger partial charge >= 0.3 is 0 Å². The molecule has 30 heavy (non-hydrogen) atoms. The number of nitrogens with one attached hydrogen (secondary N) is 2. The Morgan fingerprint density at radius 1 is 1.10 bits per heavy atom. The molecule has 2 heterocycles. The minimum absolute atomic E-state index is 0.0726. The number of carbonyl (C=O) groups excluding carboxylic acids is 1. The van der Waals surface area contributed by atoms with Crippen LogP contribution >= 0.6 is 0 Å². The second-order valence-corrected chi connectivity index (χ2v) is 7.10. The summed E-state index contributed by atoms with van der Waals surface area (Å²) < 4.78 is 13.2. The van der Waals surface area contributed by atoms with Gasteiger partial charge in [-0.1, -0.05) is 19.1 Å². The molecule has 0 aliphatic rings. The molecule has 1 amide bonds. The molecule has 0 bridgehead atoms. The first-order valence-corrected chi connectivity index (χ1v) is 9.85. The lowest BCUT2D eigenvalue weighted by Crippen LogP contribution is -2.26.